The first-order valence-electron chi connectivity index (χ1n) is 10.1. The van der Waals surface area contributed by atoms with Gasteiger partial charge in [-0.3, -0.25) is 9.69 Å². The maximum absolute atomic E-state index is 13.8. The Morgan fingerprint density at radius 1 is 1.03 bits per heavy atom. The average Bonchev–Trinajstić information content (AvgIpc) is 2.76. The number of anilines is 2. The Kier molecular flexibility index (Phi) is 6.71. The van der Waals surface area contributed by atoms with Gasteiger partial charge in [-0.1, -0.05) is 22.0 Å². The van der Waals surface area contributed by atoms with E-state index in [1.54, 1.807) is 4.90 Å². The summed E-state index contributed by atoms with van der Waals surface area (Å²) in [6, 6.07) is 19.3. The maximum Gasteiger partial charge on any atom is 0.262 e. The Morgan fingerprint density at radius 3 is 2.61 bits per heavy atom. The highest BCUT2D eigenvalue weighted by Gasteiger charge is 2.36. The Bertz CT molecular complexity index is 1120. The van der Waals surface area contributed by atoms with E-state index >= 15 is 0 Å². The summed E-state index contributed by atoms with van der Waals surface area (Å²) in [6.07, 6.45) is -0.448. The van der Waals surface area contributed by atoms with Gasteiger partial charge in [-0.2, -0.15) is 0 Å². The number of fused-ring (bicyclic) bond motifs is 1. The molecule has 1 aliphatic heterocycles. The second kappa shape index (κ2) is 9.48. The summed E-state index contributed by atoms with van der Waals surface area (Å²) in [4.78, 5) is 15.5. The Balaban J connectivity index is 1.89. The fourth-order valence-corrected chi connectivity index (χ4v) is 4.54. The summed E-state index contributed by atoms with van der Waals surface area (Å²) in [7, 11) is 0. The molecule has 3 aromatic rings. The monoisotopic (exact) mass is 592 g/mol. The molecule has 0 spiro atoms. The molecule has 7 heteroatoms. The van der Waals surface area contributed by atoms with E-state index in [1.165, 1.54) is 0 Å². The second-order valence-corrected chi connectivity index (χ2v) is 9.12. The van der Waals surface area contributed by atoms with E-state index in [2.05, 4.69) is 43.8 Å². The molecule has 1 atom stereocenters. The molecule has 0 unspecified atom stereocenters. The number of nitrogens with zero attached hydrogens (tertiary/aromatic N) is 1. The summed E-state index contributed by atoms with van der Waals surface area (Å²) in [5.74, 6) is 1.38. The van der Waals surface area contributed by atoms with Gasteiger partial charge in [0.15, 0.2) is 0 Å². The number of amides is 1. The van der Waals surface area contributed by atoms with Gasteiger partial charge in [0, 0.05) is 25.4 Å². The molecule has 31 heavy (non-hydrogen) atoms. The van der Waals surface area contributed by atoms with E-state index in [9.17, 15) is 4.79 Å². The molecule has 5 nitrogen and oxygen atoms in total. The normalized spacial score (nSPS) is 15.3. The Morgan fingerprint density at radius 2 is 1.84 bits per heavy atom. The first-order valence-corrected chi connectivity index (χ1v) is 11.9. The van der Waals surface area contributed by atoms with Crippen molar-refractivity contribution in [3.05, 3.63) is 79.8 Å². The fourth-order valence-electron chi connectivity index (χ4n) is 3.67. The van der Waals surface area contributed by atoms with E-state index in [4.69, 9.17) is 9.47 Å². The maximum atomic E-state index is 13.8. The van der Waals surface area contributed by atoms with Gasteiger partial charge < -0.3 is 14.8 Å². The number of carbonyl (C=O) groups is 1. The molecule has 1 aliphatic rings. The first-order chi connectivity index (χ1) is 15.0. The molecule has 3 aromatic carbocycles. The molecule has 1 heterocycles. The molecule has 0 saturated carbocycles. The third-order valence-corrected chi connectivity index (χ3v) is 6.12. The molecule has 0 radical (unpaired) electrons. The second-order valence-electron chi connectivity index (χ2n) is 6.96. The van der Waals surface area contributed by atoms with Crippen LogP contribution in [0.25, 0.3) is 0 Å². The predicted molar refractivity (Wildman–Crippen MR) is 135 cm³/mol. The minimum atomic E-state index is -0.448. The largest absolute Gasteiger partial charge is 0.494 e. The zero-order chi connectivity index (χ0) is 22.0. The highest BCUT2D eigenvalue weighted by molar-refractivity contribution is 14.1. The van der Waals surface area contributed by atoms with Crippen LogP contribution in [0.15, 0.2) is 65.1 Å². The topological polar surface area (TPSA) is 50.8 Å². The van der Waals surface area contributed by atoms with E-state index in [1.807, 2.05) is 74.5 Å². The van der Waals surface area contributed by atoms with E-state index in [0.717, 1.165) is 36.5 Å². The zero-order valence-electron chi connectivity index (χ0n) is 17.2. The van der Waals surface area contributed by atoms with Gasteiger partial charge in [-0.05, 0) is 85.0 Å². The van der Waals surface area contributed by atoms with Gasteiger partial charge >= 0.3 is 0 Å². The summed E-state index contributed by atoms with van der Waals surface area (Å²) in [6.45, 7) is 4.98. The lowest BCUT2D eigenvalue weighted by Crippen LogP contribution is -2.43. The summed E-state index contributed by atoms with van der Waals surface area (Å²) < 4.78 is 13.5. The van der Waals surface area contributed by atoms with Crippen LogP contribution in [0.1, 0.15) is 35.9 Å². The number of ether oxygens (including phenoxy) is 2. The molecular formula is C24H22BrIN2O3. The minimum absolute atomic E-state index is 0.0756. The van der Waals surface area contributed by atoms with Crippen molar-refractivity contribution in [3.63, 3.8) is 0 Å². The van der Waals surface area contributed by atoms with E-state index < -0.39 is 6.17 Å². The van der Waals surface area contributed by atoms with Crippen molar-refractivity contribution in [2.24, 2.45) is 0 Å². The van der Waals surface area contributed by atoms with Gasteiger partial charge in [0.25, 0.3) is 5.91 Å². The lowest BCUT2D eigenvalue weighted by atomic mass is 10.0. The van der Waals surface area contributed by atoms with Gasteiger partial charge in [0.1, 0.15) is 17.7 Å². The zero-order valence-corrected chi connectivity index (χ0v) is 20.9. The SMILES string of the molecule is CCOc1cccc(N2C(=O)c3cc(I)ccc3N[C@@H]2c2cc(Br)ccc2OCC)c1. The van der Waals surface area contributed by atoms with Crippen molar-refractivity contribution in [1.29, 1.82) is 0 Å². The van der Waals surface area contributed by atoms with Crippen LogP contribution in [-0.2, 0) is 0 Å². The van der Waals surface area contributed by atoms with Crippen molar-refractivity contribution < 1.29 is 14.3 Å². The molecule has 4 rings (SSSR count). The van der Waals surface area contributed by atoms with Crippen LogP contribution in [0.4, 0.5) is 11.4 Å². The molecular weight excluding hydrogens is 571 g/mol. The van der Waals surface area contributed by atoms with E-state index in [-0.39, 0.29) is 5.91 Å². The molecule has 1 N–H and O–H groups in total. The highest BCUT2D eigenvalue weighted by atomic mass is 127. The van der Waals surface area contributed by atoms with Crippen LogP contribution < -0.4 is 19.7 Å². The van der Waals surface area contributed by atoms with Crippen molar-refractivity contribution in [2.75, 3.05) is 23.4 Å². The number of benzene rings is 3. The van der Waals surface area contributed by atoms with Crippen molar-refractivity contribution in [1.82, 2.24) is 0 Å². The first kappa shape index (κ1) is 22.0. The van der Waals surface area contributed by atoms with Crippen LogP contribution in [0.5, 0.6) is 11.5 Å². The molecule has 0 saturated heterocycles. The molecule has 160 valence electrons. The lowest BCUT2D eigenvalue weighted by Gasteiger charge is -2.39. The van der Waals surface area contributed by atoms with Crippen molar-refractivity contribution >= 4 is 55.8 Å². The third kappa shape index (κ3) is 4.52. The van der Waals surface area contributed by atoms with Crippen LogP contribution in [-0.4, -0.2) is 19.1 Å². The summed E-state index contributed by atoms with van der Waals surface area (Å²) in [5.41, 5.74) is 3.06. The smallest absolute Gasteiger partial charge is 0.262 e. The van der Waals surface area contributed by atoms with Crippen LogP contribution in [0.2, 0.25) is 0 Å². The average molecular weight is 593 g/mol. The molecule has 1 amide bonds. The van der Waals surface area contributed by atoms with Gasteiger partial charge in [-0.25, -0.2) is 0 Å². The lowest BCUT2D eigenvalue weighted by molar-refractivity contribution is 0.0974. The number of halogens is 2. The number of hydrogen-bond donors (Lipinski definition) is 1. The van der Waals surface area contributed by atoms with Crippen molar-refractivity contribution in [2.45, 2.75) is 20.0 Å². The van der Waals surface area contributed by atoms with Gasteiger partial charge in [0.05, 0.1) is 24.5 Å². The summed E-state index contributed by atoms with van der Waals surface area (Å²) in [5, 5.41) is 3.56. The highest BCUT2D eigenvalue weighted by Crippen LogP contribution is 2.41. The molecule has 0 aromatic heterocycles. The van der Waals surface area contributed by atoms with Crippen LogP contribution in [0.3, 0.4) is 0 Å². The van der Waals surface area contributed by atoms with Gasteiger partial charge in [0.2, 0.25) is 0 Å². The van der Waals surface area contributed by atoms with Gasteiger partial charge in [-0.15, -0.1) is 0 Å². The van der Waals surface area contributed by atoms with Crippen LogP contribution >= 0.6 is 38.5 Å². The number of carbonyl (C=O) groups excluding carboxylic acids is 1. The molecule has 0 fully saturated rings. The Hall–Kier alpha value is -2.26. The quantitative estimate of drug-likeness (QED) is 0.327. The van der Waals surface area contributed by atoms with Crippen molar-refractivity contribution in [3.8, 4) is 11.5 Å². The minimum Gasteiger partial charge on any atom is -0.494 e. The predicted octanol–water partition coefficient (Wildman–Crippen LogP) is 6.62. The van der Waals surface area contributed by atoms with E-state index in [0.29, 0.717) is 18.8 Å². The summed E-state index contributed by atoms with van der Waals surface area (Å²) >= 11 is 5.80. The number of hydrogen-bond acceptors (Lipinski definition) is 4. The number of nitrogens with one attached hydrogen (secondary N) is 1. The fraction of sp³-hybridized carbons (Fsp3) is 0.208. The molecule has 0 bridgehead atoms. The third-order valence-electron chi connectivity index (χ3n) is 4.95. The molecule has 0 aliphatic carbocycles. The van der Waals surface area contributed by atoms with Crippen LogP contribution in [0, 0.1) is 3.57 Å². The Labute approximate surface area is 204 Å². The number of rotatable bonds is 6. The standard InChI is InChI=1S/C24H22BrIN2O3/c1-3-30-18-7-5-6-17(14-18)28-23(20-12-15(25)8-11-22(20)31-4-2)27-21-10-9-16(26)13-19(21)24(28)29/h5-14,23,27H,3-4H2,1-2H3/t23-/m0/s1.